The van der Waals surface area contributed by atoms with Crippen molar-refractivity contribution >= 4 is 11.5 Å². The van der Waals surface area contributed by atoms with Crippen molar-refractivity contribution in [3.05, 3.63) is 5.69 Å². The van der Waals surface area contributed by atoms with Gasteiger partial charge in [-0.25, -0.2) is 0 Å². The average molecular weight is 198 g/mol. The Labute approximate surface area is 84.2 Å². The van der Waals surface area contributed by atoms with E-state index >= 15 is 0 Å². The highest BCUT2D eigenvalue weighted by molar-refractivity contribution is 5.64. The van der Waals surface area contributed by atoms with Crippen molar-refractivity contribution in [2.75, 3.05) is 24.7 Å². The third kappa shape index (κ3) is 2.17. The van der Waals surface area contributed by atoms with Crippen molar-refractivity contribution in [1.82, 2.24) is 9.78 Å². The molecule has 0 spiro atoms. The van der Waals surface area contributed by atoms with Crippen molar-refractivity contribution in [2.45, 2.75) is 20.0 Å². The molecule has 0 fully saturated rings. The Morgan fingerprint density at radius 3 is 2.71 bits per heavy atom. The average Bonchev–Trinajstić information content (AvgIpc) is 2.39. The Balaban J connectivity index is 2.67. The second-order valence-corrected chi connectivity index (χ2v) is 3.40. The first-order chi connectivity index (χ1) is 6.56. The number of rotatable bonds is 4. The van der Waals surface area contributed by atoms with Gasteiger partial charge in [-0.15, -0.1) is 0 Å². The van der Waals surface area contributed by atoms with Gasteiger partial charge in [0.2, 0.25) is 0 Å². The van der Waals surface area contributed by atoms with Gasteiger partial charge in [0, 0.05) is 20.7 Å². The van der Waals surface area contributed by atoms with E-state index in [9.17, 15) is 0 Å². The Hall–Kier alpha value is -1.23. The van der Waals surface area contributed by atoms with E-state index in [2.05, 4.69) is 10.4 Å². The van der Waals surface area contributed by atoms with Crippen LogP contribution in [0.3, 0.4) is 0 Å². The highest BCUT2D eigenvalue weighted by atomic mass is 16.5. The summed E-state index contributed by atoms with van der Waals surface area (Å²) in [5.41, 5.74) is 7.40. The zero-order chi connectivity index (χ0) is 10.7. The van der Waals surface area contributed by atoms with Gasteiger partial charge in [-0.1, -0.05) is 0 Å². The number of nitrogen functional groups attached to an aromatic ring is 1. The lowest BCUT2D eigenvalue weighted by molar-refractivity contribution is 0.128. The molecule has 1 rings (SSSR count). The highest BCUT2D eigenvalue weighted by Crippen LogP contribution is 2.20. The van der Waals surface area contributed by atoms with Gasteiger partial charge >= 0.3 is 0 Å². The van der Waals surface area contributed by atoms with Crippen molar-refractivity contribution in [2.24, 2.45) is 7.05 Å². The van der Waals surface area contributed by atoms with E-state index in [0.717, 1.165) is 18.1 Å². The number of hydrogen-bond acceptors (Lipinski definition) is 4. The molecular formula is C9H18N4O. The molecule has 1 aromatic rings. The highest BCUT2D eigenvalue weighted by Gasteiger charge is 2.10. The van der Waals surface area contributed by atoms with E-state index < -0.39 is 0 Å². The Bertz CT molecular complexity index is 308. The van der Waals surface area contributed by atoms with E-state index in [1.165, 1.54) is 0 Å². The molecule has 5 heteroatoms. The Morgan fingerprint density at radius 1 is 1.64 bits per heavy atom. The molecular weight excluding hydrogens is 180 g/mol. The van der Waals surface area contributed by atoms with Gasteiger partial charge in [-0.05, 0) is 13.8 Å². The maximum atomic E-state index is 5.84. The summed E-state index contributed by atoms with van der Waals surface area (Å²) in [4.78, 5) is 0. The van der Waals surface area contributed by atoms with E-state index in [1.54, 1.807) is 11.8 Å². The number of hydrogen-bond donors (Lipinski definition) is 2. The smallest absolute Gasteiger partial charge is 0.147 e. The summed E-state index contributed by atoms with van der Waals surface area (Å²) in [6.07, 6.45) is 0.157. The molecule has 1 heterocycles. The largest absolute Gasteiger partial charge is 0.394 e. The lowest BCUT2D eigenvalue weighted by atomic mass is 10.3. The fraction of sp³-hybridized carbons (Fsp3) is 0.667. The lowest BCUT2D eigenvalue weighted by Crippen LogP contribution is -2.20. The minimum Gasteiger partial charge on any atom is -0.394 e. The van der Waals surface area contributed by atoms with E-state index in [1.807, 2.05) is 20.9 Å². The Kier molecular flexibility index (Phi) is 3.35. The molecule has 0 amide bonds. The quantitative estimate of drug-likeness (QED) is 0.749. The van der Waals surface area contributed by atoms with E-state index in [0.29, 0.717) is 5.69 Å². The van der Waals surface area contributed by atoms with Crippen LogP contribution in [-0.2, 0) is 11.8 Å². The summed E-state index contributed by atoms with van der Waals surface area (Å²) in [6.45, 7) is 4.60. The maximum absolute atomic E-state index is 5.84. The molecule has 3 N–H and O–H groups in total. The van der Waals surface area contributed by atoms with Crippen LogP contribution in [0.4, 0.5) is 11.5 Å². The number of anilines is 2. The molecule has 0 bridgehead atoms. The van der Waals surface area contributed by atoms with Crippen molar-refractivity contribution in [3.8, 4) is 0 Å². The first-order valence-corrected chi connectivity index (χ1v) is 4.62. The van der Waals surface area contributed by atoms with Crippen LogP contribution in [0.2, 0.25) is 0 Å². The zero-order valence-corrected chi connectivity index (χ0v) is 9.16. The molecule has 0 aliphatic carbocycles. The number of nitrogens with zero attached hydrogens (tertiary/aromatic N) is 2. The zero-order valence-electron chi connectivity index (χ0n) is 9.16. The fourth-order valence-corrected chi connectivity index (χ4v) is 1.21. The minimum absolute atomic E-state index is 0.157. The number of aromatic nitrogens is 2. The fourth-order valence-electron chi connectivity index (χ4n) is 1.21. The molecule has 0 saturated heterocycles. The van der Waals surface area contributed by atoms with Crippen LogP contribution in [0.1, 0.15) is 12.6 Å². The standard InChI is InChI=1S/C9H18N4O/c1-6(14-4)5-11-9-8(10)7(2)12-13(9)3/h6,11H,5,10H2,1-4H3. The van der Waals surface area contributed by atoms with E-state index in [-0.39, 0.29) is 6.10 Å². The summed E-state index contributed by atoms with van der Waals surface area (Å²) in [6, 6.07) is 0. The van der Waals surface area contributed by atoms with Gasteiger partial charge in [-0.3, -0.25) is 4.68 Å². The lowest BCUT2D eigenvalue weighted by Gasteiger charge is -2.12. The predicted molar refractivity (Wildman–Crippen MR) is 57.3 cm³/mol. The van der Waals surface area contributed by atoms with E-state index in [4.69, 9.17) is 10.5 Å². The first kappa shape index (κ1) is 10.8. The predicted octanol–water partition coefficient (Wildman–Crippen LogP) is 0.758. The van der Waals surface area contributed by atoms with Crippen LogP contribution in [-0.4, -0.2) is 29.5 Å². The number of methoxy groups -OCH3 is 1. The van der Waals surface area contributed by atoms with Crippen LogP contribution in [0.5, 0.6) is 0 Å². The summed E-state index contributed by atoms with van der Waals surface area (Å²) >= 11 is 0. The molecule has 0 aliphatic heterocycles. The topological polar surface area (TPSA) is 65.1 Å². The number of nitrogens with one attached hydrogen (secondary N) is 1. The third-order valence-corrected chi connectivity index (χ3v) is 2.23. The number of aryl methyl sites for hydroxylation is 2. The molecule has 0 aromatic carbocycles. The van der Waals surface area contributed by atoms with Gasteiger partial charge in [0.25, 0.3) is 0 Å². The molecule has 0 radical (unpaired) electrons. The molecule has 14 heavy (non-hydrogen) atoms. The van der Waals surface area contributed by atoms with Crippen molar-refractivity contribution in [1.29, 1.82) is 0 Å². The minimum atomic E-state index is 0.157. The van der Waals surface area contributed by atoms with Gasteiger partial charge < -0.3 is 15.8 Å². The molecule has 1 aromatic heterocycles. The third-order valence-electron chi connectivity index (χ3n) is 2.23. The summed E-state index contributed by atoms with van der Waals surface area (Å²) in [5, 5.41) is 7.41. The molecule has 0 aliphatic rings. The van der Waals surface area contributed by atoms with Crippen LogP contribution >= 0.6 is 0 Å². The number of nitrogens with two attached hydrogens (primary N) is 1. The van der Waals surface area contributed by atoms with Gasteiger partial charge in [0.05, 0.1) is 17.5 Å². The molecule has 0 saturated carbocycles. The normalized spacial score (nSPS) is 12.9. The maximum Gasteiger partial charge on any atom is 0.147 e. The van der Waals surface area contributed by atoms with Crippen LogP contribution in [0, 0.1) is 6.92 Å². The summed E-state index contributed by atoms with van der Waals surface area (Å²) in [5.74, 6) is 0.853. The van der Waals surface area contributed by atoms with Crippen LogP contribution in [0.15, 0.2) is 0 Å². The number of ether oxygens (including phenoxy) is 1. The molecule has 1 unspecified atom stereocenters. The SMILES string of the molecule is COC(C)CNc1c(N)c(C)nn1C. The monoisotopic (exact) mass is 198 g/mol. The molecule has 5 nitrogen and oxygen atoms in total. The van der Waals surface area contributed by atoms with Crippen molar-refractivity contribution in [3.63, 3.8) is 0 Å². The van der Waals surface area contributed by atoms with Crippen LogP contribution in [0.25, 0.3) is 0 Å². The second-order valence-electron chi connectivity index (χ2n) is 3.40. The van der Waals surface area contributed by atoms with Gasteiger partial charge in [-0.2, -0.15) is 5.10 Å². The summed E-state index contributed by atoms with van der Waals surface area (Å²) in [7, 11) is 3.55. The second kappa shape index (κ2) is 4.32. The van der Waals surface area contributed by atoms with Crippen LogP contribution < -0.4 is 11.1 Å². The molecule has 80 valence electrons. The molecule has 1 atom stereocenters. The van der Waals surface area contributed by atoms with Gasteiger partial charge in [0.15, 0.2) is 0 Å². The van der Waals surface area contributed by atoms with Gasteiger partial charge in [0.1, 0.15) is 5.82 Å². The Morgan fingerprint density at radius 2 is 2.29 bits per heavy atom. The van der Waals surface area contributed by atoms with Crippen molar-refractivity contribution < 1.29 is 4.74 Å². The summed E-state index contributed by atoms with van der Waals surface area (Å²) < 4.78 is 6.87. The first-order valence-electron chi connectivity index (χ1n) is 4.62.